The van der Waals surface area contributed by atoms with Gasteiger partial charge in [-0.05, 0) is 63.3 Å². The molecule has 2 aromatic heterocycles. The highest BCUT2D eigenvalue weighted by Gasteiger charge is 2.51. The SMILES string of the molecule is CO[C@]12C[C@@H](Cc3c(C)noc3C)CN(C)[C@@H]1Cc1c[nH]c3cccc2c13. The second-order valence-corrected chi connectivity index (χ2v) is 8.37. The number of methoxy groups -OCH3 is 1. The summed E-state index contributed by atoms with van der Waals surface area (Å²) in [6, 6.07) is 6.94. The first-order chi connectivity index (χ1) is 13.0. The molecule has 1 aliphatic heterocycles. The zero-order valence-corrected chi connectivity index (χ0v) is 16.5. The Labute approximate surface area is 159 Å². The van der Waals surface area contributed by atoms with Crippen molar-refractivity contribution in [3.63, 3.8) is 0 Å². The summed E-state index contributed by atoms with van der Waals surface area (Å²) in [7, 11) is 4.13. The molecule has 27 heavy (non-hydrogen) atoms. The van der Waals surface area contributed by atoms with Crippen LogP contribution >= 0.6 is 0 Å². The number of likely N-dealkylation sites (N-methyl/N-ethyl adjacent to an activating group) is 1. The maximum absolute atomic E-state index is 6.38. The highest BCUT2D eigenvalue weighted by atomic mass is 16.5. The van der Waals surface area contributed by atoms with Crippen LogP contribution in [0.25, 0.3) is 10.9 Å². The standard InChI is InChI=1S/C22H27N3O2/c1-13-17(14(2)27-24-13)8-15-10-22(26-4)18-6-5-7-19-21(18)16(11-23-19)9-20(22)25(3)12-15/h5-7,11,15,20,23H,8-10,12H2,1-4H3/t15-,20-,22+/m1/s1. The van der Waals surface area contributed by atoms with E-state index in [1.165, 1.54) is 27.6 Å². The van der Waals surface area contributed by atoms with E-state index < -0.39 is 0 Å². The van der Waals surface area contributed by atoms with E-state index in [2.05, 4.69) is 46.5 Å². The van der Waals surface area contributed by atoms with E-state index in [-0.39, 0.29) is 5.60 Å². The van der Waals surface area contributed by atoms with Crippen molar-refractivity contribution in [3.8, 4) is 0 Å². The lowest BCUT2D eigenvalue weighted by atomic mass is 9.68. The number of ether oxygens (including phenoxy) is 1. The average molecular weight is 365 g/mol. The first kappa shape index (κ1) is 17.0. The van der Waals surface area contributed by atoms with Crippen molar-refractivity contribution in [1.82, 2.24) is 15.0 Å². The summed E-state index contributed by atoms with van der Waals surface area (Å²) in [5.41, 5.74) is 5.97. The van der Waals surface area contributed by atoms with Crippen LogP contribution in [0.2, 0.25) is 0 Å². The molecule has 0 amide bonds. The monoisotopic (exact) mass is 365 g/mol. The first-order valence-electron chi connectivity index (χ1n) is 9.80. The lowest BCUT2D eigenvalue weighted by Crippen LogP contribution is -2.59. The molecule has 1 fully saturated rings. The van der Waals surface area contributed by atoms with Crippen LogP contribution in [0, 0.1) is 19.8 Å². The molecule has 0 saturated carbocycles. The van der Waals surface area contributed by atoms with Gasteiger partial charge in [-0.25, -0.2) is 0 Å². The van der Waals surface area contributed by atoms with Crippen LogP contribution in [-0.4, -0.2) is 41.8 Å². The molecule has 3 heterocycles. The van der Waals surface area contributed by atoms with Crippen molar-refractivity contribution in [3.05, 3.63) is 52.5 Å². The Kier molecular flexibility index (Phi) is 3.75. The molecule has 3 atom stereocenters. The van der Waals surface area contributed by atoms with Crippen molar-refractivity contribution >= 4 is 10.9 Å². The van der Waals surface area contributed by atoms with E-state index >= 15 is 0 Å². The predicted molar refractivity (Wildman–Crippen MR) is 105 cm³/mol. The number of aromatic amines is 1. The van der Waals surface area contributed by atoms with Gasteiger partial charge in [-0.3, -0.25) is 4.90 Å². The molecule has 1 saturated heterocycles. The van der Waals surface area contributed by atoms with Gasteiger partial charge in [0, 0.05) is 42.4 Å². The highest BCUT2D eigenvalue weighted by molar-refractivity contribution is 5.88. The van der Waals surface area contributed by atoms with Crippen LogP contribution in [0.4, 0.5) is 0 Å². The Morgan fingerprint density at radius 1 is 1.37 bits per heavy atom. The van der Waals surface area contributed by atoms with Gasteiger partial charge < -0.3 is 14.2 Å². The third-order valence-electron chi connectivity index (χ3n) is 6.90. The molecule has 3 aromatic rings. The van der Waals surface area contributed by atoms with Crippen LogP contribution in [0.5, 0.6) is 0 Å². The van der Waals surface area contributed by atoms with Crippen LogP contribution < -0.4 is 0 Å². The number of H-pyrrole nitrogens is 1. The molecule has 5 heteroatoms. The highest BCUT2D eigenvalue weighted by Crippen LogP contribution is 2.49. The summed E-state index contributed by atoms with van der Waals surface area (Å²) in [4.78, 5) is 5.96. The van der Waals surface area contributed by atoms with Crippen LogP contribution in [-0.2, 0) is 23.2 Å². The fourth-order valence-corrected chi connectivity index (χ4v) is 5.66. The lowest BCUT2D eigenvalue weighted by molar-refractivity contribution is -0.125. The fourth-order valence-electron chi connectivity index (χ4n) is 5.66. The summed E-state index contributed by atoms with van der Waals surface area (Å²) in [6.45, 7) is 5.13. The van der Waals surface area contributed by atoms with E-state index in [9.17, 15) is 0 Å². The number of fused-ring (bicyclic) bond motifs is 2. The minimum absolute atomic E-state index is 0.272. The zero-order valence-electron chi connectivity index (χ0n) is 16.5. The summed E-state index contributed by atoms with van der Waals surface area (Å²) < 4.78 is 11.8. The molecule has 0 spiro atoms. The van der Waals surface area contributed by atoms with Crippen molar-refractivity contribution in [2.75, 3.05) is 20.7 Å². The van der Waals surface area contributed by atoms with Gasteiger partial charge in [-0.1, -0.05) is 17.3 Å². The number of aromatic nitrogens is 2. The van der Waals surface area contributed by atoms with Gasteiger partial charge in [0.05, 0.1) is 5.69 Å². The van der Waals surface area contributed by atoms with Crippen molar-refractivity contribution in [2.24, 2.45) is 5.92 Å². The third kappa shape index (κ3) is 2.34. The number of nitrogens with one attached hydrogen (secondary N) is 1. The Morgan fingerprint density at radius 3 is 2.96 bits per heavy atom. The largest absolute Gasteiger partial charge is 0.372 e. The number of nitrogens with zero attached hydrogens (tertiary/aromatic N) is 2. The third-order valence-corrected chi connectivity index (χ3v) is 6.90. The second kappa shape index (κ2) is 5.94. The molecule has 142 valence electrons. The smallest absolute Gasteiger partial charge is 0.137 e. The van der Waals surface area contributed by atoms with Crippen molar-refractivity contribution < 1.29 is 9.26 Å². The Bertz CT molecular complexity index is 985. The van der Waals surface area contributed by atoms with E-state index in [1.54, 1.807) is 0 Å². The number of likely N-dealkylation sites (tertiary alicyclic amines) is 1. The normalized spacial score (nSPS) is 27.9. The molecule has 1 aromatic carbocycles. The molecule has 1 N–H and O–H groups in total. The number of benzene rings is 1. The summed E-state index contributed by atoms with van der Waals surface area (Å²) in [5, 5.41) is 5.51. The summed E-state index contributed by atoms with van der Waals surface area (Å²) >= 11 is 0. The molecule has 5 rings (SSSR count). The van der Waals surface area contributed by atoms with Crippen LogP contribution in [0.3, 0.4) is 0 Å². The number of aryl methyl sites for hydroxylation is 2. The Hall–Kier alpha value is -2.11. The number of piperidine rings is 1. The van der Waals surface area contributed by atoms with Gasteiger partial charge >= 0.3 is 0 Å². The van der Waals surface area contributed by atoms with Crippen LogP contribution in [0.1, 0.15) is 34.6 Å². The molecule has 0 bridgehead atoms. The van der Waals surface area contributed by atoms with Gasteiger partial charge in [0.25, 0.3) is 0 Å². The molecule has 0 radical (unpaired) electrons. The maximum atomic E-state index is 6.38. The Balaban J connectivity index is 1.59. The average Bonchev–Trinajstić information content (AvgIpc) is 3.22. The quantitative estimate of drug-likeness (QED) is 0.768. The second-order valence-electron chi connectivity index (χ2n) is 8.37. The van der Waals surface area contributed by atoms with Crippen molar-refractivity contribution in [1.29, 1.82) is 0 Å². The Morgan fingerprint density at radius 2 is 2.22 bits per heavy atom. The molecular weight excluding hydrogens is 338 g/mol. The number of hydrogen-bond donors (Lipinski definition) is 1. The van der Waals surface area contributed by atoms with E-state index in [4.69, 9.17) is 9.26 Å². The fraction of sp³-hybridized carbons (Fsp3) is 0.500. The molecular formula is C22H27N3O2. The predicted octanol–water partition coefficient (Wildman–Crippen LogP) is 3.73. The van der Waals surface area contributed by atoms with Gasteiger partial charge in [0.1, 0.15) is 11.4 Å². The minimum Gasteiger partial charge on any atom is -0.372 e. The van der Waals surface area contributed by atoms with Crippen molar-refractivity contribution in [2.45, 2.75) is 44.8 Å². The van der Waals surface area contributed by atoms with E-state index in [0.717, 1.165) is 37.3 Å². The first-order valence-corrected chi connectivity index (χ1v) is 9.80. The van der Waals surface area contributed by atoms with Gasteiger partial charge in [-0.2, -0.15) is 0 Å². The number of hydrogen-bond acceptors (Lipinski definition) is 4. The zero-order chi connectivity index (χ0) is 18.8. The van der Waals surface area contributed by atoms with E-state index in [0.29, 0.717) is 12.0 Å². The van der Waals surface area contributed by atoms with Gasteiger partial charge in [-0.15, -0.1) is 0 Å². The molecule has 0 unspecified atom stereocenters. The maximum Gasteiger partial charge on any atom is 0.137 e. The van der Waals surface area contributed by atoms with Crippen LogP contribution in [0.15, 0.2) is 28.9 Å². The molecule has 5 nitrogen and oxygen atoms in total. The topological polar surface area (TPSA) is 54.3 Å². The van der Waals surface area contributed by atoms with Gasteiger partial charge in [0.15, 0.2) is 0 Å². The lowest BCUT2D eigenvalue weighted by Gasteiger charge is -2.53. The summed E-state index contributed by atoms with van der Waals surface area (Å²) in [6.07, 6.45) is 5.21. The molecule has 1 aliphatic carbocycles. The van der Waals surface area contributed by atoms with Gasteiger partial charge in [0.2, 0.25) is 0 Å². The van der Waals surface area contributed by atoms with E-state index in [1.807, 2.05) is 21.0 Å². The number of rotatable bonds is 3. The minimum atomic E-state index is -0.272. The molecule has 2 aliphatic rings. The summed E-state index contributed by atoms with van der Waals surface area (Å²) in [5.74, 6) is 1.45.